The molecule has 1 fully saturated rings. The number of hydrogen-bond donors (Lipinski definition) is 0. The molecule has 0 atom stereocenters. The molecule has 1 aromatic heterocycles. The van der Waals surface area contributed by atoms with Crippen LogP contribution in [0.15, 0.2) is 12.1 Å². The fourth-order valence-electron chi connectivity index (χ4n) is 1.48. The molecule has 0 aromatic carbocycles. The minimum absolute atomic E-state index is 0.284. The van der Waals surface area contributed by atoms with Gasteiger partial charge in [-0.3, -0.25) is 0 Å². The van der Waals surface area contributed by atoms with Crippen molar-refractivity contribution in [2.45, 2.75) is 13.0 Å². The summed E-state index contributed by atoms with van der Waals surface area (Å²) in [6.07, 6.45) is 0.738. The van der Waals surface area contributed by atoms with Gasteiger partial charge < -0.3 is 0 Å². The molecular formula is C8H10ClNO2S2. The van der Waals surface area contributed by atoms with E-state index in [1.54, 1.807) is 6.07 Å². The Hall–Kier alpha value is -0.100. The molecule has 2 heterocycles. The summed E-state index contributed by atoms with van der Waals surface area (Å²) in [5.74, 6) is 0.284. The van der Waals surface area contributed by atoms with Gasteiger partial charge in [0.25, 0.3) is 0 Å². The Balaban J connectivity index is 2.12. The highest BCUT2D eigenvalue weighted by Gasteiger charge is 2.28. The van der Waals surface area contributed by atoms with E-state index < -0.39 is 10.0 Å². The third-order valence-corrected chi connectivity index (χ3v) is 5.28. The van der Waals surface area contributed by atoms with Crippen LogP contribution in [0.3, 0.4) is 0 Å². The van der Waals surface area contributed by atoms with Crippen molar-refractivity contribution in [3.8, 4) is 0 Å². The van der Waals surface area contributed by atoms with Gasteiger partial charge in [0.1, 0.15) is 0 Å². The van der Waals surface area contributed by atoms with Crippen LogP contribution < -0.4 is 0 Å². The Bertz CT molecular complexity index is 426. The van der Waals surface area contributed by atoms with Crippen LogP contribution in [0, 0.1) is 0 Å². The zero-order valence-electron chi connectivity index (χ0n) is 7.44. The van der Waals surface area contributed by atoms with Crippen molar-refractivity contribution in [2.24, 2.45) is 0 Å². The molecule has 14 heavy (non-hydrogen) atoms. The molecule has 6 heteroatoms. The first kappa shape index (κ1) is 10.4. The van der Waals surface area contributed by atoms with E-state index in [0.717, 1.165) is 11.3 Å². The Morgan fingerprint density at radius 3 is 2.79 bits per heavy atom. The third-order valence-electron chi connectivity index (χ3n) is 2.16. The molecule has 3 nitrogen and oxygen atoms in total. The highest BCUT2D eigenvalue weighted by atomic mass is 35.5. The van der Waals surface area contributed by atoms with Crippen LogP contribution in [-0.2, 0) is 16.6 Å². The van der Waals surface area contributed by atoms with Crippen molar-refractivity contribution in [3.63, 3.8) is 0 Å². The first-order valence-electron chi connectivity index (χ1n) is 4.30. The van der Waals surface area contributed by atoms with Gasteiger partial charge in [0.15, 0.2) is 0 Å². The standard InChI is InChI=1S/C8H10ClNO2S2/c9-8-3-2-7(13-8)6-10-4-1-5-14(10,11)12/h2-3H,1,4-6H2. The van der Waals surface area contributed by atoms with Gasteiger partial charge in [-0.2, -0.15) is 4.31 Å². The minimum Gasteiger partial charge on any atom is -0.212 e. The van der Waals surface area contributed by atoms with Crippen LogP contribution in [0.2, 0.25) is 4.34 Å². The Morgan fingerprint density at radius 1 is 1.50 bits per heavy atom. The van der Waals surface area contributed by atoms with Crippen LogP contribution in [-0.4, -0.2) is 25.0 Å². The number of halogens is 1. The number of sulfonamides is 1. The molecule has 0 bridgehead atoms. The molecule has 1 aliphatic heterocycles. The van der Waals surface area contributed by atoms with Gasteiger partial charge in [-0.25, -0.2) is 8.42 Å². The molecule has 0 saturated carbocycles. The Kier molecular flexibility index (Phi) is 2.83. The van der Waals surface area contributed by atoms with Crippen molar-refractivity contribution in [3.05, 3.63) is 21.3 Å². The Morgan fingerprint density at radius 2 is 2.29 bits per heavy atom. The number of rotatable bonds is 2. The van der Waals surface area contributed by atoms with E-state index in [1.165, 1.54) is 15.6 Å². The van der Waals surface area contributed by atoms with Gasteiger partial charge in [-0.05, 0) is 18.6 Å². The maximum absolute atomic E-state index is 11.5. The van der Waals surface area contributed by atoms with Gasteiger partial charge in [0, 0.05) is 18.0 Å². The van der Waals surface area contributed by atoms with E-state index in [2.05, 4.69) is 0 Å². The molecule has 0 radical (unpaired) electrons. The van der Waals surface area contributed by atoms with E-state index in [9.17, 15) is 8.42 Å². The van der Waals surface area contributed by atoms with Crippen molar-refractivity contribution in [1.29, 1.82) is 0 Å². The average Bonchev–Trinajstić information content (AvgIpc) is 2.61. The fourth-order valence-corrected chi connectivity index (χ4v) is 4.16. The van der Waals surface area contributed by atoms with Gasteiger partial charge in [0.2, 0.25) is 10.0 Å². The second-order valence-corrected chi connectivity index (χ2v) is 7.10. The number of nitrogens with zero attached hydrogens (tertiary/aromatic N) is 1. The molecule has 1 aliphatic rings. The maximum Gasteiger partial charge on any atom is 0.214 e. The summed E-state index contributed by atoms with van der Waals surface area (Å²) in [6, 6.07) is 3.67. The predicted octanol–water partition coefficient (Wildman–Crippen LogP) is 1.94. The summed E-state index contributed by atoms with van der Waals surface area (Å²) >= 11 is 7.20. The van der Waals surface area contributed by atoms with E-state index in [4.69, 9.17) is 11.6 Å². The van der Waals surface area contributed by atoms with E-state index in [1.807, 2.05) is 6.07 Å². The zero-order valence-corrected chi connectivity index (χ0v) is 9.83. The molecule has 78 valence electrons. The van der Waals surface area contributed by atoms with E-state index >= 15 is 0 Å². The summed E-state index contributed by atoms with van der Waals surface area (Å²) in [7, 11) is -2.98. The smallest absolute Gasteiger partial charge is 0.212 e. The number of hydrogen-bond acceptors (Lipinski definition) is 3. The summed E-state index contributed by atoms with van der Waals surface area (Å²) in [5.41, 5.74) is 0. The van der Waals surface area contributed by atoms with Crippen LogP contribution in [0.1, 0.15) is 11.3 Å². The quantitative estimate of drug-likeness (QED) is 0.806. The molecule has 2 rings (SSSR count). The van der Waals surface area contributed by atoms with Crippen LogP contribution in [0.5, 0.6) is 0 Å². The lowest BCUT2D eigenvalue weighted by Gasteiger charge is -2.12. The molecule has 0 N–H and O–H groups in total. The molecule has 0 unspecified atom stereocenters. The first-order chi connectivity index (χ1) is 6.58. The van der Waals surface area contributed by atoms with Gasteiger partial charge in [-0.1, -0.05) is 11.6 Å². The summed E-state index contributed by atoms with van der Waals surface area (Å²) < 4.78 is 25.2. The minimum atomic E-state index is -2.98. The lowest BCUT2D eigenvalue weighted by atomic mass is 10.4. The molecule has 1 aromatic rings. The van der Waals surface area contributed by atoms with Crippen molar-refractivity contribution < 1.29 is 8.42 Å². The van der Waals surface area contributed by atoms with Crippen molar-refractivity contribution in [1.82, 2.24) is 4.31 Å². The van der Waals surface area contributed by atoms with Crippen molar-refractivity contribution >= 4 is 33.0 Å². The normalized spacial score (nSPS) is 21.5. The van der Waals surface area contributed by atoms with Crippen LogP contribution in [0.4, 0.5) is 0 Å². The van der Waals surface area contributed by atoms with Crippen LogP contribution in [0.25, 0.3) is 0 Å². The second kappa shape index (κ2) is 3.81. The van der Waals surface area contributed by atoms with Gasteiger partial charge >= 0.3 is 0 Å². The highest BCUT2D eigenvalue weighted by Crippen LogP contribution is 2.25. The largest absolute Gasteiger partial charge is 0.214 e. The van der Waals surface area contributed by atoms with Crippen molar-refractivity contribution in [2.75, 3.05) is 12.3 Å². The average molecular weight is 252 g/mol. The molecule has 1 saturated heterocycles. The first-order valence-corrected chi connectivity index (χ1v) is 7.10. The Labute approximate surface area is 92.3 Å². The van der Waals surface area contributed by atoms with E-state index in [-0.39, 0.29) is 5.75 Å². The maximum atomic E-state index is 11.5. The second-order valence-electron chi connectivity index (χ2n) is 3.21. The SMILES string of the molecule is O=S1(=O)CCCN1Cc1ccc(Cl)s1. The predicted molar refractivity (Wildman–Crippen MR) is 58.1 cm³/mol. The fraction of sp³-hybridized carbons (Fsp3) is 0.500. The zero-order chi connectivity index (χ0) is 10.2. The molecular weight excluding hydrogens is 242 g/mol. The third kappa shape index (κ3) is 2.11. The summed E-state index contributed by atoms with van der Waals surface area (Å²) in [5, 5.41) is 0. The van der Waals surface area contributed by atoms with Gasteiger partial charge in [0.05, 0.1) is 10.1 Å². The van der Waals surface area contributed by atoms with E-state index in [0.29, 0.717) is 17.4 Å². The lowest BCUT2D eigenvalue weighted by molar-refractivity contribution is 0.443. The molecule has 0 aliphatic carbocycles. The van der Waals surface area contributed by atoms with Crippen LogP contribution >= 0.6 is 22.9 Å². The van der Waals surface area contributed by atoms with Gasteiger partial charge in [-0.15, -0.1) is 11.3 Å². The topological polar surface area (TPSA) is 37.4 Å². The molecule has 0 amide bonds. The lowest BCUT2D eigenvalue weighted by Crippen LogP contribution is -2.24. The summed E-state index contributed by atoms with van der Waals surface area (Å²) in [4.78, 5) is 1.00. The highest BCUT2D eigenvalue weighted by molar-refractivity contribution is 7.89. The number of thiophene rings is 1. The molecule has 0 spiro atoms. The summed E-state index contributed by atoms with van der Waals surface area (Å²) in [6.45, 7) is 1.11. The monoisotopic (exact) mass is 251 g/mol.